The fourth-order valence-corrected chi connectivity index (χ4v) is 5.31. The van der Waals surface area contributed by atoms with Gasteiger partial charge in [-0.05, 0) is 23.2 Å². The van der Waals surface area contributed by atoms with Crippen LogP contribution < -0.4 is 11.1 Å². The quantitative estimate of drug-likeness (QED) is 0.193. The van der Waals surface area contributed by atoms with Gasteiger partial charge in [0.2, 0.25) is 0 Å². The number of fused-ring (bicyclic) bond motifs is 1. The molecular formula is C16H13N7O5S3. The molecule has 1 saturated heterocycles. The molecule has 2 aliphatic rings. The minimum absolute atomic E-state index is 0.0671. The molecule has 0 saturated carbocycles. The van der Waals surface area contributed by atoms with Crippen LogP contribution >= 0.6 is 34.6 Å². The van der Waals surface area contributed by atoms with E-state index in [1.807, 2.05) is 0 Å². The molecule has 2 amide bonds. The van der Waals surface area contributed by atoms with Gasteiger partial charge in [-0.15, -0.1) is 28.2 Å². The van der Waals surface area contributed by atoms with Crippen molar-refractivity contribution in [3.63, 3.8) is 0 Å². The number of anilines is 1. The van der Waals surface area contributed by atoms with E-state index in [1.54, 1.807) is 17.5 Å². The zero-order chi connectivity index (χ0) is 22.1. The number of carboxylic acids is 1. The number of nitrogen functional groups attached to an aromatic ring is 1. The van der Waals surface area contributed by atoms with Crippen LogP contribution in [0.2, 0.25) is 0 Å². The maximum absolute atomic E-state index is 12.7. The number of aliphatic carboxylic acids is 1. The molecule has 160 valence electrons. The summed E-state index contributed by atoms with van der Waals surface area (Å²) in [5.41, 5.74) is 6.07. The van der Waals surface area contributed by atoms with Crippen LogP contribution in [0.15, 0.2) is 33.3 Å². The van der Waals surface area contributed by atoms with E-state index in [0.717, 1.165) is 27.8 Å². The van der Waals surface area contributed by atoms with Crippen molar-refractivity contribution in [3.05, 3.63) is 39.5 Å². The summed E-state index contributed by atoms with van der Waals surface area (Å²) in [4.78, 5) is 42.1. The summed E-state index contributed by atoms with van der Waals surface area (Å²) in [6.07, 6.45) is 3.21. The van der Waals surface area contributed by atoms with Crippen molar-refractivity contribution in [3.8, 4) is 0 Å². The van der Waals surface area contributed by atoms with Crippen LogP contribution in [0.25, 0.3) is 6.08 Å². The first kappa shape index (κ1) is 21.0. The molecule has 4 rings (SSSR count). The fraction of sp³-hybridized carbons (Fsp3) is 0.188. The third kappa shape index (κ3) is 3.89. The number of nitrogens with one attached hydrogen (secondary N) is 1. The second kappa shape index (κ2) is 8.44. The van der Waals surface area contributed by atoms with Crippen LogP contribution in [0.5, 0.6) is 0 Å². The van der Waals surface area contributed by atoms with Crippen LogP contribution in [0.1, 0.15) is 11.4 Å². The van der Waals surface area contributed by atoms with Gasteiger partial charge in [-0.25, -0.2) is 9.78 Å². The third-order valence-electron chi connectivity index (χ3n) is 4.40. The average molecular weight is 480 g/mol. The van der Waals surface area contributed by atoms with Crippen LogP contribution in [-0.2, 0) is 14.4 Å². The Labute approximate surface area is 186 Å². The highest BCUT2D eigenvalue weighted by molar-refractivity contribution is 8.00. The zero-order valence-electron chi connectivity index (χ0n) is 15.3. The number of rotatable bonds is 6. The van der Waals surface area contributed by atoms with E-state index in [-0.39, 0.29) is 16.5 Å². The predicted octanol–water partition coefficient (Wildman–Crippen LogP) is 0.207. The van der Waals surface area contributed by atoms with Crippen molar-refractivity contribution in [1.29, 1.82) is 0 Å². The van der Waals surface area contributed by atoms with E-state index in [9.17, 15) is 24.7 Å². The lowest BCUT2D eigenvalue weighted by Gasteiger charge is -2.49. The van der Waals surface area contributed by atoms with E-state index in [1.165, 1.54) is 17.1 Å². The molecule has 0 aliphatic carbocycles. The summed E-state index contributed by atoms with van der Waals surface area (Å²) < 4.78 is 3.73. The summed E-state index contributed by atoms with van der Waals surface area (Å²) in [6, 6.07) is -0.979. The number of hydrogen-bond acceptors (Lipinski definition) is 12. The number of carbonyl (C=O) groups is 3. The minimum atomic E-state index is -1.25. The molecule has 2 aromatic rings. The fourth-order valence-electron chi connectivity index (χ4n) is 3.02. The molecule has 15 heteroatoms. The normalized spacial score (nSPS) is 21.2. The minimum Gasteiger partial charge on any atom is -0.477 e. The number of nitrogens with zero attached hydrogens (tertiary/aromatic N) is 5. The first-order valence-electron chi connectivity index (χ1n) is 8.51. The van der Waals surface area contributed by atoms with Crippen LogP contribution in [0.3, 0.4) is 0 Å². The zero-order valence-corrected chi connectivity index (χ0v) is 17.8. The molecule has 1 fully saturated rings. The number of nitrogens with two attached hydrogens (primary N) is 1. The maximum Gasteiger partial charge on any atom is 0.352 e. The Morgan fingerprint density at radius 1 is 1.35 bits per heavy atom. The summed E-state index contributed by atoms with van der Waals surface area (Å²) in [7, 11) is 0. The number of β-lactam (4-membered cyclic amide) rings is 1. The summed E-state index contributed by atoms with van der Waals surface area (Å²) in [5.74, 6) is -2.36. The number of carbonyl (C=O) groups excluding carboxylic acids is 2. The smallest absolute Gasteiger partial charge is 0.352 e. The highest BCUT2D eigenvalue weighted by Gasteiger charge is 2.54. The molecule has 31 heavy (non-hydrogen) atoms. The number of carboxylic acid groups (broad SMARTS) is 1. The second-order valence-corrected chi connectivity index (χ2v) is 8.83. The van der Waals surface area contributed by atoms with Gasteiger partial charge in [-0.1, -0.05) is 15.7 Å². The van der Waals surface area contributed by atoms with E-state index >= 15 is 0 Å². The summed E-state index contributed by atoms with van der Waals surface area (Å²) in [6.45, 7) is 0. The van der Waals surface area contributed by atoms with E-state index in [0.29, 0.717) is 17.0 Å². The first-order valence-corrected chi connectivity index (χ1v) is 11.3. The van der Waals surface area contributed by atoms with Crippen molar-refractivity contribution >= 4 is 69.3 Å². The lowest BCUT2D eigenvalue weighted by Crippen LogP contribution is -2.71. The number of allylic oxidation sites excluding steroid dienone is 1. The highest BCUT2D eigenvalue weighted by atomic mass is 32.2. The monoisotopic (exact) mass is 479 g/mol. The Bertz CT molecular complexity index is 1140. The number of thioether (sulfide) groups is 1. The Kier molecular flexibility index (Phi) is 5.71. The lowest BCUT2D eigenvalue weighted by atomic mass is 10.0. The van der Waals surface area contributed by atoms with Crippen molar-refractivity contribution in [2.75, 3.05) is 11.5 Å². The third-order valence-corrected chi connectivity index (χ3v) is 6.90. The van der Waals surface area contributed by atoms with Gasteiger partial charge < -0.3 is 21.4 Å². The molecule has 0 spiro atoms. The van der Waals surface area contributed by atoms with Crippen LogP contribution in [0, 0.1) is 0 Å². The topological polar surface area (TPSA) is 184 Å². The number of hydrogen-bond donors (Lipinski definition) is 4. The SMILES string of the molecule is Nc1nc(/C(=N\O)C(=O)NC2C(=O)N3C(C(=O)O)=C(/C=C\c4csnn4)CS[C@H]23)cs1. The number of amides is 2. The Hall–Kier alpha value is -3.30. The van der Waals surface area contributed by atoms with Gasteiger partial charge in [0, 0.05) is 16.5 Å². The number of aromatic nitrogens is 3. The molecular weight excluding hydrogens is 466 g/mol. The van der Waals surface area contributed by atoms with Crippen LogP contribution in [-0.4, -0.2) is 70.4 Å². The van der Waals surface area contributed by atoms with Crippen molar-refractivity contribution in [2.24, 2.45) is 5.16 Å². The summed E-state index contributed by atoms with van der Waals surface area (Å²) in [5, 5.41) is 30.9. The largest absolute Gasteiger partial charge is 0.477 e. The predicted molar refractivity (Wildman–Crippen MR) is 113 cm³/mol. The van der Waals surface area contributed by atoms with Gasteiger partial charge in [-0.2, -0.15) is 0 Å². The van der Waals surface area contributed by atoms with Crippen molar-refractivity contribution in [1.82, 2.24) is 24.8 Å². The van der Waals surface area contributed by atoms with Crippen molar-refractivity contribution < 1.29 is 24.7 Å². The molecule has 4 heterocycles. The average Bonchev–Trinajstić information content (AvgIpc) is 3.42. The van der Waals surface area contributed by atoms with Gasteiger partial charge in [0.1, 0.15) is 22.8 Å². The maximum atomic E-state index is 12.7. The molecule has 2 aromatic heterocycles. The van der Waals surface area contributed by atoms with Gasteiger partial charge in [0.25, 0.3) is 11.8 Å². The molecule has 0 aromatic carbocycles. The standard InChI is InChI=1S/C16H13N7O5S3/c17-16-18-8(5-30-16)9(21-28)12(24)19-10-13(25)23-11(15(26)27)6(3-29-14(10)23)1-2-7-4-31-22-20-7/h1-2,4-5,10,14,28H,3H2,(H2,17,18)(H,19,24)(H,26,27)/b2-1-,21-9+/t10?,14-/m1/s1. The second-order valence-electron chi connectivity index (χ2n) is 6.22. The van der Waals surface area contributed by atoms with Crippen molar-refractivity contribution in [2.45, 2.75) is 11.4 Å². The molecule has 2 atom stereocenters. The van der Waals surface area contributed by atoms with E-state index < -0.39 is 34.9 Å². The number of oxime groups is 1. The molecule has 0 radical (unpaired) electrons. The van der Waals surface area contributed by atoms with Crippen LogP contribution in [0.4, 0.5) is 5.13 Å². The van der Waals surface area contributed by atoms with E-state index in [4.69, 9.17) is 5.73 Å². The summed E-state index contributed by atoms with van der Waals surface area (Å²) >= 11 is 3.52. The lowest BCUT2D eigenvalue weighted by molar-refractivity contribution is -0.150. The first-order chi connectivity index (χ1) is 14.9. The van der Waals surface area contributed by atoms with E-state index in [2.05, 4.69) is 25.0 Å². The van der Waals surface area contributed by atoms with Gasteiger partial charge in [0.05, 0.1) is 5.69 Å². The molecule has 5 N–H and O–H groups in total. The number of thiazole rings is 1. The Balaban J connectivity index is 1.52. The molecule has 1 unspecified atom stereocenters. The van der Waals surface area contributed by atoms with Gasteiger partial charge in [0.15, 0.2) is 10.8 Å². The molecule has 12 nitrogen and oxygen atoms in total. The Morgan fingerprint density at radius 2 is 2.16 bits per heavy atom. The molecule has 2 aliphatic heterocycles. The highest BCUT2D eigenvalue weighted by Crippen LogP contribution is 2.40. The van der Waals surface area contributed by atoms with Gasteiger partial charge >= 0.3 is 5.97 Å². The van der Waals surface area contributed by atoms with Gasteiger partial charge in [-0.3, -0.25) is 14.5 Å². The Morgan fingerprint density at radius 3 is 2.77 bits per heavy atom. The molecule has 0 bridgehead atoms.